The molecule has 1 atom stereocenters. The van der Waals surface area contributed by atoms with Crippen molar-refractivity contribution in [2.24, 2.45) is 0 Å². The lowest BCUT2D eigenvalue weighted by atomic mass is 9.94. The number of halogens is 1. The number of sulfonamides is 1. The van der Waals surface area contributed by atoms with E-state index in [9.17, 15) is 18.0 Å². The maximum Gasteiger partial charge on any atom is 0.264 e. The minimum Gasteiger partial charge on any atom is -0.493 e. The van der Waals surface area contributed by atoms with E-state index in [4.69, 9.17) is 21.1 Å². The number of methoxy groups -OCH3 is 2. The molecule has 0 radical (unpaired) electrons. The molecule has 4 aromatic rings. The van der Waals surface area contributed by atoms with Gasteiger partial charge in [-0.15, -0.1) is 0 Å². The Morgan fingerprint density at radius 2 is 1.50 bits per heavy atom. The standard InChI is InChI=1S/C39H44ClN3O6S/c1-28-14-20-33(21-15-28)43(50(46,47)34-22-23-36(48-2)37(25-34)49-3)27-38(44)42(26-30-16-18-31(40)19-17-30)35(24-29-10-6-4-7-11-29)39(45)41-32-12-8-5-9-13-32/h4,6-7,10-11,14-23,25,32,35H,5,8-9,12-13,24,26-27H2,1-3H3,(H,41,45)/t35-/m0/s1. The van der Waals surface area contributed by atoms with Crippen molar-refractivity contribution in [3.05, 3.63) is 119 Å². The van der Waals surface area contributed by atoms with Crippen molar-refractivity contribution < 1.29 is 27.5 Å². The van der Waals surface area contributed by atoms with Crippen LogP contribution in [0, 0.1) is 6.92 Å². The second kappa shape index (κ2) is 16.9. The van der Waals surface area contributed by atoms with Crippen LogP contribution in [-0.2, 0) is 32.6 Å². The van der Waals surface area contributed by atoms with E-state index in [0.717, 1.165) is 53.1 Å². The number of carbonyl (C=O) groups is 2. The molecule has 9 nitrogen and oxygen atoms in total. The van der Waals surface area contributed by atoms with E-state index in [1.807, 2.05) is 37.3 Å². The Morgan fingerprint density at radius 3 is 2.14 bits per heavy atom. The lowest BCUT2D eigenvalue weighted by Gasteiger charge is -2.35. The highest BCUT2D eigenvalue weighted by atomic mass is 35.5. The second-order valence-electron chi connectivity index (χ2n) is 12.6. The van der Waals surface area contributed by atoms with E-state index in [-0.39, 0.29) is 35.6 Å². The summed E-state index contributed by atoms with van der Waals surface area (Å²) in [6.45, 7) is 1.40. The van der Waals surface area contributed by atoms with Crippen LogP contribution >= 0.6 is 11.6 Å². The third-order valence-corrected chi connectivity index (χ3v) is 11.1. The van der Waals surface area contributed by atoms with E-state index < -0.39 is 28.5 Å². The van der Waals surface area contributed by atoms with Crippen LogP contribution in [-0.4, -0.2) is 58.0 Å². The van der Waals surface area contributed by atoms with Gasteiger partial charge in [0.25, 0.3) is 10.0 Å². The molecular formula is C39H44ClN3O6S. The van der Waals surface area contributed by atoms with Gasteiger partial charge in [0.05, 0.1) is 24.8 Å². The zero-order valence-corrected chi connectivity index (χ0v) is 30.3. The Kier molecular flexibility index (Phi) is 12.4. The first kappa shape index (κ1) is 36.7. The quantitative estimate of drug-likeness (QED) is 0.151. The first-order chi connectivity index (χ1) is 24.1. The number of nitrogens with zero attached hydrogens (tertiary/aromatic N) is 2. The number of nitrogens with one attached hydrogen (secondary N) is 1. The second-order valence-corrected chi connectivity index (χ2v) is 14.9. The van der Waals surface area contributed by atoms with E-state index in [0.29, 0.717) is 16.5 Å². The predicted octanol–water partition coefficient (Wildman–Crippen LogP) is 6.95. The molecule has 11 heteroatoms. The van der Waals surface area contributed by atoms with Gasteiger partial charge in [0.2, 0.25) is 11.8 Å². The van der Waals surface area contributed by atoms with Gasteiger partial charge in [-0.05, 0) is 67.3 Å². The summed E-state index contributed by atoms with van der Waals surface area (Å²) in [6.07, 6.45) is 5.18. The molecule has 0 aliphatic heterocycles. The van der Waals surface area contributed by atoms with Gasteiger partial charge in [-0.1, -0.05) is 91.0 Å². The van der Waals surface area contributed by atoms with Crippen molar-refractivity contribution in [1.82, 2.24) is 10.2 Å². The van der Waals surface area contributed by atoms with Crippen LogP contribution in [0.2, 0.25) is 5.02 Å². The number of aryl methyl sites for hydroxylation is 1. The fourth-order valence-corrected chi connectivity index (χ4v) is 7.78. The minimum atomic E-state index is -4.33. The fraction of sp³-hybridized carbons (Fsp3) is 0.333. The van der Waals surface area contributed by atoms with Gasteiger partial charge in [-0.3, -0.25) is 13.9 Å². The van der Waals surface area contributed by atoms with Crippen LogP contribution in [0.1, 0.15) is 48.8 Å². The van der Waals surface area contributed by atoms with Gasteiger partial charge >= 0.3 is 0 Å². The zero-order valence-electron chi connectivity index (χ0n) is 28.7. The normalized spacial score (nSPS) is 14.0. The molecule has 1 saturated carbocycles. The summed E-state index contributed by atoms with van der Waals surface area (Å²) in [6, 6.07) is 26.9. The molecule has 4 aromatic carbocycles. The molecule has 2 amide bonds. The Morgan fingerprint density at radius 1 is 0.840 bits per heavy atom. The summed E-state index contributed by atoms with van der Waals surface area (Å²) in [4.78, 5) is 30.4. The van der Waals surface area contributed by atoms with E-state index >= 15 is 0 Å². The van der Waals surface area contributed by atoms with Gasteiger partial charge in [-0.2, -0.15) is 0 Å². The van der Waals surface area contributed by atoms with Crippen molar-refractivity contribution in [3.63, 3.8) is 0 Å². The first-order valence-corrected chi connectivity index (χ1v) is 18.6. The summed E-state index contributed by atoms with van der Waals surface area (Å²) < 4.78 is 40.8. The minimum absolute atomic E-state index is 0.0106. The number of rotatable bonds is 14. The van der Waals surface area contributed by atoms with Gasteiger partial charge in [0.15, 0.2) is 11.5 Å². The van der Waals surface area contributed by atoms with E-state index in [1.54, 1.807) is 48.5 Å². The van der Waals surface area contributed by atoms with Crippen LogP contribution in [0.5, 0.6) is 11.5 Å². The van der Waals surface area contributed by atoms with Crippen molar-refractivity contribution in [1.29, 1.82) is 0 Å². The van der Waals surface area contributed by atoms with Crippen LogP contribution in [0.25, 0.3) is 0 Å². The first-order valence-electron chi connectivity index (χ1n) is 16.8. The molecule has 1 fully saturated rings. The Labute approximate surface area is 300 Å². The number of anilines is 1. The average Bonchev–Trinajstić information content (AvgIpc) is 3.13. The van der Waals surface area contributed by atoms with Gasteiger partial charge in [-0.25, -0.2) is 8.42 Å². The average molecular weight is 718 g/mol. The van der Waals surface area contributed by atoms with Crippen LogP contribution < -0.4 is 19.1 Å². The molecule has 1 N–H and O–H groups in total. The topological polar surface area (TPSA) is 105 Å². The van der Waals surface area contributed by atoms with Gasteiger partial charge in [0.1, 0.15) is 12.6 Å². The third kappa shape index (κ3) is 9.17. The lowest BCUT2D eigenvalue weighted by molar-refractivity contribution is -0.140. The van der Waals surface area contributed by atoms with Crippen LogP contribution in [0.4, 0.5) is 5.69 Å². The van der Waals surface area contributed by atoms with E-state index in [2.05, 4.69) is 5.32 Å². The maximum absolute atomic E-state index is 14.8. The zero-order chi connectivity index (χ0) is 35.7. The summed E-state index contributed by atoms with van der Waals surface area (Å²) >= 11 is 6.20. The predicted molar refractivity (Wildman–Crippen MR) is 196 cm³/mol. The maximum atomic E-state index is 14.8. The molecule has 1 aliphatic rings. The molecule has 0 saturated heterocycles. The molecular weight excluding hydrogens is 674 g/mol. The fourth-order valence-electron chi connectivity index (χ4n) is 6.23. The summed E-state index contributed by atoms with van der Waals surface area (Å²) in [7, 11) is -1.43. The molecule has 0 aromatic heterocycles. The van der Waals surface area contributed by atoms with E-state index in [1.165, 1.54) is 37.3 Å². The van der Waals surface area contributed by atoms with Crippen molar-refractivity contribution >= 4 is 39.1 Å². The number of ether oxygens (including phenoxy) is 2. The SMILES string of the molecule is COc1ccc(S(=O)(=O)N(CC(=O)N(Cc2ccc(Cl)cc2)[C@@H](Cc2ccccc2)C(=O)NC2CCCCC2)c2ccc(C)cc2)cc1OC. The number of hydrogen-bond donors (Lipinski definition) is 1. The van der Waals surface area contributed by atoms with Crippen molar-refractivity contribution in [3.8, 4) is 11.5 Å². The molecule has 0 spiro atoms. The Hall–Kier alpha value is -4.54. The number of hydrogen-bond acceptors (Lipinski definition) is 6. The number of amides is 2. The molecule has 0 unspecified atom stereocenters. The lowest BCUT2D eigenvalue weighted by Crippen LogP contribution is -2.55. The molecule has 264 valence electrons. The smallest absolute Gasteiger partial charge is 0.264 e. The van der Waals surface area contributed by atoms with Crippen LogP contribution in [0.15, 0.2) is 102 Å². The Balaban J connectivity index is 1.57. The molecule has 0 heterocycles. The highest BCUT2D eigenvalue weighted by Gasteiger charge is 2.35. The van der Waals surface area contributed by atoms with Crippen LogP contribution in [0.3, 0.4) is 0 Å². The third-order valence-electron chi connectivity index (χ3n) is 9.03. The summed E-state index contributed by atoms with van der Waals surface area (Å²) in [5.41, 5.74) is 2.85. The van der Waals surface area contributed by atoms with Crippen molar-refractivity contribution in [2.75, 3.05) is 25.1 Å². The highest BCUT2D eigenvalue weighted by molar-refractivity contribution is 7.92. The molecule has 50 heavy (non-hydrogen) atoms. The monoisotopic (exact) mass is 717 g/mol. The number of benzene rings is 4. The highest BCUT2D eigenvalue weighted by Crippen LogP contribution is 2.33. The number of carbonyl (C=O) groups excluding carboxylic acids is 2. The molecule has 1 aliphatic carbocycles. The van der Waals surface area contributed by atoms with Gasteiger partial charge < -0.3 is 19.7 Å². The molecule has 0 bridgehead atoms. The summed E-state index contributed by atoms with van der Waals surface area (Å²) in [5.74, 6) is -0.210. The largest absolute Gasteiger partial charge is 0.493 e. The van der Waals surface area contributed by atoms with Gasteiger partial charge in [0, 0.05) is 30.1 Å². The van der Waals surface area contributed by atoms with Crippen molar-refractivity contribution in [2.45, 2.75) is 69.0 Å². The molecule has 5 rings (SSSR count). The Bertz CT molecular complexity index is 1850. The summed E-state index contributed by atoms with van der Waals surface area (Å²) in [5, 5.41) is 3.76.